The van der Waals surface area contributed by atoms with Gasteiger partial charge in [0.2, 0.25) is 5.91 Å². The minimum atomic E-state index is -0.678. The molecule has 19 heavy (non-hydrogen) atoms. The van der Waals surface area contributed by atoms with Gasteiger partial charge in [-0.05, 0) is 36.2 Å². The molecule has 4 heteroatoms. The maximum Gasteiger partial charge on any atom is 0.244 e. The van der Waals surface area contributed by atoms with Crippen LogP contribution in [-0.2, 0) is 4.79 Å². The molecular formula is C15H15FN2O. The van der Waals surface area contributed by atoms with Gasteiger partial charge in [-0.25, -0.2) is 4.39 Å². The van der Waals surface area contributed by atoms with Crippen LogP contribution in [0.3, 0.4) is 0 Å². The Labute approximate surface area is 111 Å². The van der Waals surface area contributed by atoms with Gasteiger partial charge in [0.15, 0.2) is 0 Å². The first-order valence-corrected chi connectivity index (χ1v) is 5.94. The minimum absolute atomic E-state index is 0.348. The maximum atomic E-state index is 13.3. The molecule has 1 amide bonds. The molecule has 3 nitrogen and oxygen atoms in total. The van der Waals surface area contributed by atoms with E-state index in [4.69, 9.17) is 5.73 Å². The van der Waals surface area contributed by atoms with E-state index < -0.39 is 11.9 Å². The average molecular weight is 258 g/mol. The molecule has 0 heterocycles. The highest BCUT2D eigenvalue weighted by Crippen LogP contribution is 2.21. The Kier molecular flexibility index (Phi) is 3.80. The van der Waals surface area contributed by atoms with Crippen LogP contribution in [0.2, 0.25) is 0 Å². The van der Waals surface area contributed by atoms with Gasteiger partial charge in [0, 0.05) is 5.69 Å². The van der Waals surface area contributed by atoms with Gasteiger partial charge in [-0.2, -0.15) is 0 Å². The molecule has 1 unspecified atom stereocenters. The maximum absolute atomic E-state index is 13.3. The minimum Gasteiger partial charge on any atom is -0.370 e. The van der Waals surface area contributed by atoms with Gasteiger partial charge in [0.25, 0.3) is 0 Å². The van der Waals surface area contributed by atoms with Gasteiger partial charge >= 0.3 is 0 Å². The highest BCUT2D eigenvalue weighted by Gasteiger charge is 2.17. The van der Waals surface area contributed by atoms with Crippen LogP contribution in [0.15, 0.2) is 48.5 Å². The summed E-state index contributed by atoms with van der Waals surface area (Å²) in [6, 6.07) is 13.0. The molecule has 0 saturated heterocycles. The van der Waals surface area contributed by atoms with E-state index in [1.807, 2.05) is 18.2 Å². The number of anilines is 1. The fraction of sp³-hybridized carbons (Fsp3) is 0.133. The number of rotatable bonds is 4. The molecule has 0 aliphatic rings. The van der Waals surface area contributed by atoms with Crippen LogP contribution in [0.25, 0.3) is 0 Å². The second kappa shape index (κ2) is 5.52. The van der Waals surface area contributed by atoms with Crippen molar-refractivity contribution >= 4 is 11.6 Å². The van der Waals surface area contributed by atoms with Crippen molar-refractivity contribution in [3.8, 4) is 0 Å². The zero-order chi connectivity index (χ0) is 13.8. The molecule has 2 rings (SSSR count). The van der Waals surface area contributed by atoms with Crippen molar-refractivity contribution in [2.24, 2.45) is 5.73 Å². The normalized spacial score (nSPS) is 11.9. The lowest BCUT2D eigenvalue weighted by Gasteiger charge is -2.17. The number of amides is 1. The van der Waals surface area contributed by atoms with Crippen LogP contribution >= 0.6 is 0 Å². The Morgan fingerprint density at radius 2 is 1.89 bits per heavy atom. The lowest BCUT2D eigenvalue weighted by atomic mass is 10.1. The van der Waals surface area contributed by atoms with E-state index in [9.17, 15) is 9.18 Å². The van der Waals surface area contributed by atoms with Crippen molar-refractivity contribution in [2.75, 3.05) is 5.32 Å². The summed E-state index contributed by atoms with van der Waals surface area (Å²) in [5, 5.41) is 2.96. The molecule has 1 atom stereocenters. The van der Waals surface area contributed by atoms with Crippen LogP contribution in [0.1, 0.15) is 17.2 Å². The summed E-state index contributed by atoms with van der Waals surface area (Å²) in [4.78, 5) is 11.5. The van der Waals surface area contributed by atoms with Crippen LogP contribution in [0.5, 0.6) is 0 Å². The van der Waals surface area contributed by atoms with Gasteiger partial charge in [-0.3, -0.25) is 4.79 Å². The van der Waals surface area contributed by atoms with Crippen LogP contribution < -0.4 is 11.1 Å². The average Bonchev–Trinajstić information content (AvgIpc) is 2.35. The molecule has 0 bridgehead atoms. The topological polar surface area (TPSA) is 55.1 Å². The molecule has 0 spiro atoms. The third kappa shape index (κ3) is 3.31. The number of halogens is 1. The standard InChI is InChI=1S/C15H15FN2O/c1-10-7-12(16)9-13(8-10)18-14(15(17)19)11-5-3-2-4-6-11/h2-9,14,18H,1H3,(H2,17,19). The zero-order valence-corrected chi connectivity index (χ0v) is 10.6. The Hall–Kier alpha value is -2.36. The molecule has 3 N–H and O–H groups in total. The molecule has 0 aliphatic carbocycles. The number of nitrogens with one attached hydrogen (secondary N) is 1. The van der Waals surface area contributed by atoms with Gasteiger partial charge in [0.1, 0.15) is 11.9 Å². The number of aryl methyl sites for hydroxylation is 1. The molecule has 0 radical (unpaired) electrons. The Bertz CT molecular complexity index is 564. The number of primary amides is 1. The third-order valence-electron chi connectivity index (χ3n) is 2.77. The quantitative estimate of drug-likeness (QED) is 0.886. The molecule has 0 aromatic heterocycles. The van der Waals surface area contributed by atoms with Gasteiger partial charge < -0.3 is 11.1 Å². The first kappa shape index (κ1) is 13.1. The SMILES string of the molecule is Cc1cc(F)cc(NC(C(N)=O)c2ccccc2)c1. The molecule has 0 saturated carbocycles. The van der Waals surface area contributed by atoms with Gasteiger partial charge in [0.05, 0.1) is 0 Å². The largest absolute Gasteiger partial charge is 0.370 e. The van der Waals surface area contributed by atoms with Crippen LogP contribution in [-0.4, -0.2) is 5.91 Å². The van der Waals surface area contributed by atoms with E-state index in [-0.39, 0.29) is 5.82 Å². The van der Waals surface area contributed by atoms with E-state index in [0.29, 0.717) is 5.69 Å². The molecule has 0 fully saturated rings. The predicted octanol–water partition coefficient (Wildman–Crippen LogP) is 2.77. The van der Waals surface area contributed by atoms with Crippen molar-refractivity contribution < 1.29 is 9.18 Å². The van der Waals surface area contributed by atoms with Crippen LogP contribution in [0, 0.1) is 12.7 Å². The Morgan fingerprint density at radius 3 is 2.47 bits per heavy atom. The summed E-state index contributed by atoms with van der Waals surface area (Å²) < 4.78 is 13.3. The number of carbonyl (C=O) groups excluding carboxylic acids is 1. The summed E-state index contributed by atoms with van der Waals surface area (Å²) in [5.74, 6) is -0.855. The van der Waals surface area contributed by atoms with E-state index in [0.717, 1.165) is 11.1 Å². The first-order chi connectivity index (χ1) is 9.06. The second-order valence-corrected chi connectivity index (χ2v) is 4.41. The van der Waals surface area contributed by atoms with E-state index >= 15 is 0 Å². The predicted molar refractivity (Wildman–Crippen MR) is 73.1 cm³/mol. The Morgan fingerprint density at radius 1 is 1.21 bits per heavy atom. The fourth-order valence-corrected chi connectivity index (χ4v) is 1.95. The lowest BCUT2D eigenvalue weighted by Crippen LogP contribution is -2.27. The molecule has 2 aromatic rings. The van der Waals surface area contributed by atoms with Crippen molar-refractivity contribution in [3.63, 3.8) is 0 Å². The zero-order valence-electron chi connectivity index (χ0n) is 10.6. The van der Waals surface area contributed by atoms with Gasteiger partial charge in [-0.15, -0.1) is 0 Å². The number of nitrogens with two attached hydrogens (primary N) is 1. The first-order valence-electron chi connectivity index (χ1n) is 5.94. The fourth-order valence-electron chi connectivity index (χ4n) is 1.95. The van der Waals surface area contributed by atoms with Crippen molar-refractivity contribution in [1.29, 1.82) is 0 Å². The van der Waals surface area contributed by atoms with E-state index in [1.165, 1.54) is 12.1 Å². The monoisotopic (exact) mass is 258 g/mol. The number of hydrogen-bond donors (Lipinski definition) is 2. The van der Waals surface area contributed by atoms with Crippen molar-refractivity contribution in [2.45, 2.75) is 13.0 Å². The summed E-state index contributed by atoms with van der Waals surface area (Å²) >= 11 is 0. The third-order valence-corrected chi connectivity index (χ3v) is 2.77. The van der Waals surface area contributed by atoms with Crippen molar-refractivity contribution in [1.82, 2.24) is 0 Å². The molecular weight excluding hydrogens is 243 g/mol. The molecule has 98 valence electrons. The van der Waals surface area contributed by atoms with Crippen LogP contribution in [0.4, 0.5) is 10.1 Å². The second-order valence-electron chi connectivity index (χ2n) is 4.41. The van der Waals surface area contributed by atoms with E-state index in [2.05, 4.69) is 5.32 Å². The highest BCUT2D eigenvalue weighted by atomic mass is 19.1. The molecule has 2 aromatic carbocycles. The summed E-state index contributed by atoms with van der Waals surface area (Å²) in [7, 11) is 0. The number of benzene rings is 2. The number of carbonyl (C=O) groups is 1. The van der Waals surface area contributed by atoms with Gasteiger partial charge in [-0.1, -0.05) is 30.3 Å². The summed E-state index contributed by atoms with van der Waals surface area (Å²) in [6.07, 6.45) is 0. The Balaban J connectivity index is 2.29. The summed E-state index contributed by atoms with van der Waals surface area (Å²) in [5.41, 5.74) is 7.45. The molecule has 0 aliphatic heterocycles. The van der Waals surface area contributed by atoms with E-state index in [1.54, 1.807) is 25.1 Å². The highest BCUT2D eigenvalue weighted by molar-refractivity contribution is 5.84. The van der Waals surface area contributed by atoms with Crippen molar-refractivity contribution in [3.05, 3.63) is 65.5 Å². The smallest absolute Gasteiger partial charge is 0.244 e. The summed E-state index contributed by atoms with van der Waals surface area (Å²) in [6.45, 7) is 1.79. The lowest BCUT2D eigenvalue weighted by molar-refractivity contribution is -0.118. The number of hydrogen-bond acceptors (Lipinski definition) is 2.